The second-order valence-electron chi connectivity index (χ2n) is 3.03. The van der Waals surface area contributed by atoms with E-state index in [-0.39, 0.29) is 6.54 Å². The van der Waals surface area contributed by atoms with Crippen LogP contribution in [-0.2, 0) is 12.7 Å². The van der Waals surface area contributed by atoms with Crippen molar-refractivity contribution in [2.24, 2.45) is 0 Å². The van der Waals surface area contributed by atoms with Gasteiger partial charge < -0.3 is 10.0 Å². The van der Waals surface area contributed by atoms with E-state index in [2.05, 4.69) is 5.10 Å². The van der Waals surface area contributed by atoms with Crippen LogP contribution in [0.2, 0.25) is 0 Å². The topological polar surface area (TPSA) is 101 Å². The molecule has 0 amide bonds. The van der Waals surface area contributed by atoms with Crippen molar-refractivity contribution in [2.75, 3.05) is 0 Å². The van der Waals surface area contributed by atoms with Crippen molar-refractivity contribution in [3.63, 3.8) is 0 Å². The Morgan fingerprint density at radius 2 is 2.06 bits per heavy atom. The van der Waals surface area contributed by atoms with E-state index in [4.69, 9.17) is 10.0 Å². The number of nitro groups is 1. The number of rotatable bonds is 3. The predicted octanol–water partition coefficient (Wildman–Crippen LogP) is -0.490. The van der Waals surface area contributed by atoms with Crippen LogP contribution in [0.4, 0.5) is 18.9 Å². The van der Waals surface area contributed by atoms with Gasteiger partial charge in [-0.15, -0.1) is 0 Å². The average Bonchev–Trinajstić information content (AvgIpc) is 2.55. The third-order valence-electron chi connectivity index (χ3n) is 1.96. The number of nitrogens with zero attached hydrogens (tertiary/aromatic N) is 3. The summed E-state index contributed by atoms with van der Waals surface area (Å²) in [7, 11) is -2.40. The first-order valence-electron chi connectivity index (χ1n) is 4.38. The summed E-state index contributed by atoms with van der Waals surface area (Å²) >= 11 is 0. The van der Waals surface area contributed by atoms with Gasteiger partial charge in [0.15, 0.2) is 0 Å². The number of halogens is 3. The van der Waals surface area contributed by atoms with Crippen LogP contribution in [0.3, 0.4) is 0 Å². The number of hydrogen-bond donors (Lipinski definition) is 2. The van der Waals surface area contributed by atoms with Crippen LogP contribution in [0, 0.1) is 10.1 Å². The van der Waals surface area contributed by atoms with E-state index < -0.39 is 35.2 Å². The fraction of sp³-hybridized carbons (Fsp3) is 0.500. The Balaban J connectivity index is 3.58. The largest absolute Gasteiger partial charge is 0.515 e. The lowest BCUT2D eigenvalue weighted by Crippen LogP contribution is -2.38. The maximum Gasteiger partial charge on any atom is 0.515 e. The number of hydrogen-bond acceptors (Lipinski definition) is 5. The highest BCUT2D eigenvalue weighted by molar-refractivity contribution is 6.59. The first kappa shape index (κ1) is 13.4. The smallest absolute Gasteiger partial charge is 0.422 e. The maximum atomic E-state index is 12.5. The molecule has 0 radical (unpaired) electrons. The molecule has 0 bridgehead atoms. The van der Waals surface area contributed by atoms with E-state index in [9.17, 15) is 23.3 Å². The summed E-state index contributed by atoms with van der Waals surface area (Å²) in [6.07, 6.45) is -5.04. The molecule has 0 saturated heterocycles. The summed E-state index contributed by atoms with van der Waals surface area (Å²) in [6.45, 7) is 1.20. The Labute approximate surface area is 92.8 Å². The molecule has 0 unspecified atom stereocenters. The number of aryl methyl sites for hydroxylation is 1. The van der Waals surface area contributed by atoms with Crippen molar-refractivity contribution in [2.45, 2.75) is 19.6 Å². The molecule has 2 N–H and O–H groups in total. The van der Waals surface area contributed by atoms with Crippen molar-refractivity contribution in [1.29, 1.82) is 0 Å². The van der Waals surface area contributed by atoms with Crippen LogP contribution < -0.4 is 5.59 Å². The van der Waals surface area contributed by atoms with Crippen molar-refractivity contribution in [3.8, 4) is 0 Å². The molecule has 1 rings (SSSR count). The summed E-state index contributed by atoms with van der Waals surface area (Å²) in [5.74, 6) is 0. The Bertz CT molecular complexity index is 444. The summed E-state index contributed by atoms with van der Waals surface area (Å²) in [6, 6.07) is 0. The van der Waals surface area contributed by atoms with Crippen molar-refractivity contribution in [1.82, 2.24) is 9.78 Å². The van der Waals surface area contributed by atoms with Gasteiger partial charge in [-0.05, 0) is 6.92 Å². The summed E-state index contributed by atoms with van der Waals surface area (Å²) in [5, 5.41) is 31.3. The summed E-state index contributed by atoms with van der Waals surface area (Å²) in [4.78, 5) is 9.22. The van der Waals surface area contributed by atoms with Gasteiger partial charge in [-0.25, -0.2) is 0 Å². The third-order valence-corrected chi connectivity index (χ3v) is 1.96. The lowest BCUT2D eigenvalue weighted by molar-refractivity contribution is -0.387. The molecule has 1 aromatic heterocycles. The molecule has 1 aromatic rings. The van der Waals surface area contributed by atoms with E-state index in [1.165, 1.54) is 6.92 Å². The molecule has 0 aliphatic heterocycles. The zero-order valence-electron chi connectivity index (χ0n) is 8.47. The molecule has 0 spiro atoms. The molecule has 11 heteroatoms. The highest BCUT2D eigenvalue weighted by Gasteiger charge is 2.47. The molecule has 1 heterocycles. The lowest BCUT2D eigenvalue weighted by atomic mass is 9.84. The first-order valence-corrected chi connectivity index (χ1v) is 4.38. The Morgan fingerprint density at radius 1 is 1.53 bits per heavy atom. The second-order valence-corrected chi connectivity index (χ2v) is 3.03. The summed E-state index contributed by atoms with van der Waals surface area (Å²) in [5.41, 5.74) is -4.06. The van der Waals surface area contributed by atoms with Crippen molar-refractivity contribution >= 4 is 18.4 Å². The first-order chi connectivity index (χ1) is 7.70. The highest BCUT2D eigenvalue weighted by atomic mass is 19.4. The van der Waals surface area contributed by atoms with E-state index >= 15 is 0 Å². The second kappa shape index (κ2) is 4.33. The minimum atomic E-state index is -5.04. The Morgan fingerprint density at radius 3 is 2.35 bits per heavy atom. The Kier molecular flexibility index (Phi) is 3.43. The molecule has 0 fully saturated rings. The zero-order chi connectivity index (χ0) is 13.4. The van der Waals surface area contributed by atoms with Crippen LogP contribution in [0.25, 0.3) is 0 Å². The van der Waals surface area contributed by atoms with Gasteiger partial charge in [0.2, 0.25) is 5.69 Å². The van der Waals surface area contributed by atoms with Gasteiger partial charge in [0.25, 0.3) is 0 Å². The quantitative estimate of drug-likeness (QED) is 0.430. The van der Waals surface area contributed by atoms with E-state index in [0.29, 0.717) is 4.68 Å². The van der Waals surface area contributed by atoms with E-state index in [1.807, 2.05) is 0 Å². The van der Waals surface area contributed by atoms with Crippen LogP contribution in [0.1, 0.15) is 12.6 Å². The van der Waals surface area contributed by atoms with Crippen LogP contribution in [-0.4, -0.2) is 31.9 Å². The third kappa shape index (κ3) is 2.39. The normalized spacial score (nSPS) is 11.6. The molecule has 17 heavy (non-hydrogen) atoms. The zero-order valence-corrected chi connectivity index (χ0v) is 8.47. The SMILES string of the molecule is CCn1nc(C(F)(F)F)c([N+](=O)[O-])c1B(O)O. The number of aromatic nitrogens is 2. The minimum absolute atomic E-state index is 0.163. The van der Waals surface area contributed by atoms with Gasteiger partial charge in [-0.2, -0.15) is 18.3 Å². The van der Waals surface area contributed by atoms with Gasteiger partial charge in [0.05, 0.1) is 4.92 Å². The molecular weight excluding hydrogens is 246 g/mol. The predicted molar refractivity (Wildman–Crippen MR) is 49.4 cm³/mol. The standard InChI is InChI=1S/C6H7BF3N3O4/c1-2-12-5(7(14)15)3(13(16)17)4(11-12)6(8,9)10/h14-15H,2H2,1H3. The molecule has 7 nitrogen and oxygen atoms in total. The van der Waals surface area contributed by atoms with Gasteiger partial charge in [-0.1, -0.05) is 0 Å². The minimum Gasteiger partial charge on any atom is -0.422 e. The molecule has 0 saturated carbocycles. The molecule has 0 atom stereocenters. The van der Waals surface area contributed by atoms with Gasteiger partial charge >= 0.3 is 19.0 Å². The van der Waals surface area contributed by atoms with Gasteiger partial charge in [-0.3, -0.25) is 14.8 Å². The average molecular weight is 253 g/mol. The van der Waals surface area contributed by atoms with Gasteiger partial charge in [0, 0.05) is 6.54 Å². The maximum absolute atomic E-state index is 12.5. The fourth-order valence-electron chi connectivity index (χ4n) is 1.33. The van der Waals surface area contributed by atoms with Crippen LogP contribution >= 0.6 is 0 Å². The Hall–Kier alpha value is -1.62. The lowest BCUT2D eigenvalue weighted by Gasteiger charge is -2.01. The molecule has 0 aliphatic rings. The van der Waals surface area contributed by atoms with Gasteiger partial charge in [0.1, 0.15) is 5.59 Å². The van der Waals surface area contributed by atoms with Crippen LogP contribution in [0.5, 0.6) is 0 Å². The van der Waals surface area contributed by atoms with E-state index in [1.54, 1.807) is 0 Å². The monoisotopic (exact) mass is 253 g/mol. The fourth-order valence-corrected chi connectivity index (χ4v) is 1.33. The molecule has 94 valence electrons. The van der Waals surface area contributed by atoms with Crippen molar-refractivity contribution in [3.05, 3.63) is 15.8 Å². The van der Waals surface area contributed by atoms with Crippen molar-refractivity contribution < 1.29 is 28.1 Å². The highest BCUT2D eigenvalue weighted by Crippen LogP contribution is 2.33. The van der Waals surface area contributed by atoms with E-state index in [0.717, 1.165) is 0 Å². The van der Waals surface area contributed by atoms with Crippen LogP contribution in [0.15, 0.2) is 0 Å². The molecule has 0 aliphatic carbocycles. The number of alkyl halides is 3. The molecular formula is C6H7BF3N3O4. The molecule has 0 aromatic carbocycles. The summed E-state index contributed by atoms with van der Waals surface area (Å²) < 4.78 is 37.9.